The van der Waals surface area contributed by atoms with Gasteiger partial charge in [-0.2, -0.15) is 0 Å². The Hall–Kier alpha value is -3.06. The molecule has 0 aliphatic heterocycles. The minimum Gasteiger partial charge on any atom is -0.355 e. The summed E-state index contributed by atoms with van der Waals surface area (Å²) >= 11 is 0. The lowest BCUT2D eigenvalue weighted by Crippen LogP contribution is -2.01. The van der Waals surface area contributed by atoms with E-state index in [1.807, 2.05) is 0 Å². The van der Waals surface area contributed by atoms with Crippen molar-refractivity contribution in [2.24, 2.45) is 0 Å². The van der Waals surface area contributed by atoms with Crippen molar-refractivity contribution in [1.29, 1.82) is 0 Å². The van der Waals surface area contributed by atoms with Crippen LogP contribution in [0.4, 0.5) is 5.69 Å². The van der Waals surface area contributed by atoms with Crippen LogP contribution in [0.3, 0.4) is 0 Å². The first-order valence-corrected chi connectivity index (χ1v) is 9.71. The number of hydrogen-bond acceptors (Lipinski definition) is 1. The summed E-state index contributed by atoms with van der Waals surface area (Å²) in [5.41, 5.74) is 11.8. The van der Waals surface area contributed by atoms with E-state index in [2.05, 4.69) is 107 Å². The first-order valence-electron chi connectivity index (χ1n) is 9.71. The largest absolute Gasteiger partial charge is 0.355 e. The van der Waals surface area contributed by atoms with Crippen molar-refractivity contribution >= 4 is 17.0 Å². The van der Waals surface area contributed by atoms with Crippen molar-refractivity contribution in [3.63, 3.8) is 0 Å². The molecule has 0 aliphatic carbocycles. The summed E-state index contributed by atoms with van der Waals surface area (Å²) in [6.45, 7) is 17.1. The molecule has 0 saturated carbocycles. The van der Waals surface area contributed by atoms with Crippen molar-refractivity contribution in [1.82, 2.24) is 0 Å². The third-order valence-electron chi connectivity index (χ3n) is 5.23. The Morgan fingerprint density at radius 1 is 0.714 bits per heavy atom. The molecule has 0 radical (unpaired) electrons. The Kier molecular flexibility index (Phi) is 5.84. The smallest absolute Gasteiger partial charge is 0.0414 e. The Morgan fingerprint density at radius 2 is 1.36 bits per heavy atom. The van der Waals surface area contributed by atoms with E-state index in [1.165, 1.54) is 33.4 Å². The monoisotopic (exact) mass is 367 g/mol. The van der Waals surface area contributed by atoms with E-state index >= 15 is 0 Å². The van der Waals surface area contributed by atoms with Crippen LogP contribution in [0.25, 0.3) is 11.3 Å². The average molecular weight is 368 g/mol. The predicted octanol–water partition coefficient (Wildman–Crippen LogP) is 7.26. The van der Waals surface area contributed by atoms with Crippen molar-refractivity contribution in [3.8, 4) is 0 Å². The Labute approximate surface area is 169 Å². The van der Waals surface area contributed by atoms with E-state index in [9.17, 15) is 0 Å². The first kappa shape index (κ1) is 19.7. The van der Waals surface area contributed by atoms with Crippen LogP contribution >= 0.6 is 0 Å². The van der Waals surface area contributed by atoms with Gasteiger partial charge >= 0.3 is 0 Å². The highest BCUT2D eigenvalue weighted by Gasteiger charge is 2.08. The molecule has 28 heavy (non-hydrogen) atoms. The highest BCUT2D eigenvalue weighted by molar-refractivity contribution is 5.77. The summed E-state index contributed by atoms with van der Waals surface area (Å²) < 4.78 is 0. The van der Waals surface area contributed by atoms with E-state index in [4.69, 9.17) is 0 Å². The molecule has 0 spiro atoms. The van der Waals surface area contributed by atoms with Gasteiger partial charge in [-0.3, -0.25) is 0 Å². The van der Waals surface area contributed by atoms with Crippen LogP contribution in [0.5, 0.6) is 0 Å². The summed E-state index contributed by atoms with van der Waals surface area (Å²) in [5.74, 6) is 0. The van der Waals surface area contributed by atoms with Gasteiger partial charge in [0.05, 0.1) is 0 Å². The van der Waals surface area contributed by atoms with E-state index in [1.54, 1.807) is 0 Å². The lowest BCUT2D eigenvalue weighted by Gasteiger charge is -2.16. The van der Waals surface area contributed by atoms with Crippen LogP contribution in [0.1, 0.15) is 38.9 Å². The standard InChI is InChI=1S/C27H29N/c1-18-7-11-24(12-8-18)21(4)16-26-17-25(13-10-20(26)3)23(6)28-27-14-9-19(2)15-22(27)5/h7-15,17,28H,4,6,16H2,1-3,5H3. The lowest BCUT2D eigenvalue weighted by atomic mass is 9.94. The molecule has 0 atom stereocenters. The molecular formula is C27H29N. The maximum absolute atomic E-state index is 4.32. The van der Waals surface area contributed by atoms with Crippen LogP contribution in [0.15, 0.2) is 73.8 Å². The van der Waals surface area contributed by atoms with Crippen molar-refractivity contribution in [3.05, 3.63) is 113 Å². The molecule has 1 heteroatoms. The highest BCUT2D eigenvalue weighted by Crippen LogP contribution is 2.26. The van der Waals surface area contributed by atoms with E-state index in [0.29, 0.717) is 0 Å². The van der Waals surface area contributed by atoms with Gasteiger partial charge in [-0.05, 0) is 79.6 Å². The molecule has 0 fully saturated rings. The quantitative estimate of drug-likeness (QED) is 0.483. The summed E-state index contributed by atoms with van der Waals surface area (Å²) in [6, 6.07) is 21.5. The Balaban J connectivity index is 1.79. The molecule has 0 unspecified atom stereocenters. The van der Waals surface area contributed by atoms with Crippen molar-refractivity contribution < 1.29 is 0 Å². The fourth-order valence-corrected chi connectivity index (χ4v) is 3.36. The molecule has 0 amide bonds. The maximum atomic E-state index is 4.32. The second-order valence-corrected chi connectivity index (χ2v) is 7.71. The van der Waals surface area contributed by atoms with Gasteiger partial charge in [-0.25, -0.2) is 0 Å². The van der Waals surface area contributed by atoms with Gasteiger partial charge in [0.15, 0.2) is 0 Å². The van der Waals surface area contributed by atoms with E-state index in [-0.39, 0.29) is 0 Å². The fraction of sp³-hybridized carbons (Fsp3) is 0.185. The second-order valence-electron chi connectivity index (χ2n) is 7.71. The zero-order valence-corrected chi connectivity index (χ0v) is 17.4. The Bertz CT molecular complexity index is 1020. The molecule has 0 bridgehead atoms. The summed E-state index contributed by atoms with van der Waals surface area (Å²) in [7, 11) is 0. The maximum Gasteiger partial charge on any atom is 0.0414 e. The molecule has 1 N–H and O–H groups in total. The SMILES string of the molecule is C=C(Cc1cc(C(=C)Nc2ccc(C)cc2C)ccc1C)c1ccc(C)cc1. The third kappa shape index (κ3) is 4.61. The number of allylic oxidation sites excluding steroid dienone is 1. The number of rotatable bonds is 6. The summed E-state index contributed by atoms with van der Waals surface area (Å²) in [4.78, 5) is 0. The minimum absolute atomic E-state index is 0.833. The van der Waals surface area contributed by atoms with Gasteiger partial charge < -0.3 is 5.32 Å². The van der Waals surface area contributed by atoms with Gasteiger partial charge in [0.25, 0.3) is 0 Å². The third-order valence-corrected chi connectivity index (χ3v) is 5.23. The number of nitrogens with one attached hydrogen (secondary N) is 1. The summed E-state index contributed by atoms with van der Waals surface area (Å²) in [5, 5.41) is 3.47. The Morgan fingerprint density at radius 3 is 2.04 bits per heavy atom. The molecule has 0 aliphatic rings. The van der Waals surface area contributed by atoms with E-state index in [0.717, 1.165) is 28.9 Å². The zero-order chi connectivity index (χ0) is 20.3. The number of aryl methyl sites for hydroxylation is 4. The van der Waals surface area contributed by atoms with Crippen LogP contribution in [-0.4, -0.2) is 0 Å². The summed E-state index contributed by atoms with van der Waals surface area (Å²) in [6.07, 6.45) is 0.833. The molecule has 0 heterocycles. The second kappa shape index (κ2) is 8.31. The van der Waals surface area contributed by atoms with Gasteiger partial charge in [-0.15, -0.1) is 0 Å². The molecule has 3 aromatic carbocycles. The molecule has 0 saturated heterocycles. The van der Waals surface area contributed by atoms with Crippen molar-refractivity contribution in [2.45, 2.75) is 34.1 Å². The molecule has 142 valence electrons. The molecule has 0 aromatic heterocycles. The molecular weight excluding hydrogens is 338 g/mol. The number of hydrogen-bond donors (Lipinski definition) is 1. The fourth-order valence-electron chi connectivity index (χ4n) is 3.36. The minimum atomic E-state index is 0.833. The molecule has 3 rings (SSSR count). The number of benzene rings is 3. The van der Waals surface area contributed by atoms with Gasteiger partial charge in [0.2, 0.25) is 0 Å². The predicted molar refractivity (Wildman–Crippen MR) is 124 cm³/mol. The van der Waals surface area contributed by atoms with Crippen LogP contribution < -0.4 is 5.32 Å². The number of anilines is 1. The highest BCUT2D eigenvalue weighted by atomic mass is 14.9. The van der Waals surface area contributed by atoms with Crippen molar-refractivity contribution in [2.75, 3.05) is 5.32 Å². The topological polar surface area (TPSA) is 12.0 Å². The normalized spacial score (nSPS) is 10.6. The lowest BCUT2D eigenvalue weighted by molar-refractivity contribution is 1.22. The zero-order valence-electron chi connectivity index (χ0n) is 17.4. The van der Waals surface area contributed by atoms with Crippen LogP contribution in [0.2, 0.25) is 0 Å². The average Bonchev–Trinajstić information content (AvgIpc) is 2.66. The molecule has 3 aromatic rings. The van der Waals surface area contributed by atoms with Crippen LogP contribution in [-0.2, 0) is 6.42 Å². The first-order chi connectivity index (χ1) is 13.3. The van der Waals surface area contributed by atoms with Crippen LogP contribution in [0, 0.1) is 27.7 Å². The van der Waals surface area contributed by atoms with Gasteiger partial charge in [0, 0.05) is 11.4 Å². The van der Waals surface area contributed by atoms with E-state index < -0.39 is 0 Å². The van der Waals surface area contributed by atoms with Gasteiger partial charge in [0.1, 0.15) is 0 Å². The van der Waals surface area contributed by atoms with Gasteiger partial charge in [-0.1, -0.05) is 72.8 Å². The molecule has 1 nitrogen and oxygen atoms in total.